The van der Waals surface area contributed by atoms with Gasteiger partial charge in [0.1, 0.15) is 17.5 Å². The third-order valence-corrected chi connectivity index (χ3v) is 5.65. The summed E-state index contributed by atoms with van der Waals surface area (Å²) in [5, 5.41) is 17.2. The van der Waals surface area contributed by atoms with Crippen molar-refractivity contribution in [1.29, 1.82) is 5.26 Å². The van der Waals surface area contributed by atoms with Gasteiger partial charge < -0.3 is 15.0 Å². The second-order valence-electron chi connectivity index (χ2n) is 8.09. The molecule has 1 aliphatic heterocycles. The van der Waals surface area contributed by atoms with Gasteiger partial charge in [0.2, 0.25) is 0 Å². The molecule has 1 atom stereocenters. The number of hydrogen-bond acceptors (Lipinski definition) is 7. The molecule has 32 heavy (non-hydrogen) atoms. The van der Waals surface area contributed by atoms with Gasteiger partial charge in [0.15, 0.2) is 5.82 Å². The number of pyridine rings is 3. The Kier molecular flexibility index (Phi) is 5.40. The standard InChI is InChI=1S/C24H23N7O/c1-30-7-4-17(15-30)16-32-23-14-27-20(12-25)10-22(23)18-5-8-31-21(9-18)11-24(29-31)28-19-3-2-6-26-13-19/h2-3,5-6,8-11,13-14,17H,4,7,15-16H2,1H3,(H,28,29)/t17-/m1/s1. The van der Waals surface area contributed by atoms with Gasteiger partial charge in [-0.2, -0.15) is 10.4 Å². The second-order valence-corrected chi connectivity index (χ2v) is 8.09. The quantitative estimate of drug-likeness (QED) is 0.503. The number of hydrogen-bond donors (Lipinski definition) is 1. The molecule has 8 heteroatoms. The smallest absolute Gasteiger partial charge is 0.153 e. The molecule has 4 aromatic heterocycles. The Morgan fingerprint density at radius 2 is 2.19 bits per heavy atom. The van der Waals surface area contributed by atoms with Gasteiger partial charge in [0.25, 0.3) is 0 Å². The van der Waals surface area contributed by atoms with Crippen LogP contribution in [0.1, 0.15) is 12.1 Å². The van der Waals surface area contributed by atoms with Crippen molar-refractivity contribution in [1.82, 2.24) is 24.5 Å². The fourth-order valence-corrected chi connectivity index (χ4v) is 4.02. The van der Waals surface area contributed by atoms with Crippen LogP contribution in [0.15, 0.2) is 61.2 Å². The monoisotopic (exact) mass is 425 g/mol. The van der Waals surface area contributed by atoms with E-state index in [1.165, 1.54) is 0 Å². The molecule has 0 spiro atoms. The third kappa shape index (κ3) is 4.24. The molecule has 160 valence electrons. The van der Waals surface area contributed by atoms with Gasteiger partial charge in [-0.05, 0) is 55.9 Å². The van der Waals surface area contributed by atoms with E-state index in [-0.39, 0.29) is 0 Å². The zero-order valence-corrected chi connectivity index (χ0v) is 17.8. The molecule has 5 rings (SSSR count). The molecule has 0 unspecified atom stereocenters. The van der Waals surface area contributed by atoms with Crippen LogP contribution in [0.4, 0.5) is 11.5 Å². The highest BCUT2D eigenvalue weighted by atomic mass is 16.5. The van der Waals surface area contributed by atoms with E-state index in [2.05, 4.69) is 38.4 Å². The highest BCUT2D eigenvalue weighted by Crippen LogP contribution is 2.32. The van der Waals surface area contributed by atoms with Crippen molar-refractivity contribution in [2.24, 2.45) is 5.92 Å². The maximum atomic E-state index is 9.36. The van der Waals surface area contributed by atoms with Crippen molar-refractivity contribution in [3.05, 3.63) is 66.9 Å². The normalized spacial score (nSPS) is 16.2. The van der Waals surface area contributed by atoms with E-state index < -0.39 is 0 Å². The van der Waals surface area contributed by atoms with Crippen molar-refractivity contribution in [3.63, 3.8) is 0 Å². The van der Waals surface area contributed by atoms with Crippen LogP contribution in [0.3, 0.4) is 0 Å². The Balaban J connectivity index is 1.43. The summed E-state index contributed by atoms with van der Waals surface area (Å²) in [5.74, 6) is 1.92. The zero-order valence-electron chi connectivity index (χ0n) is 17.8. The largest absolute Gasteiger partial charge is 0.491 e. The highest BCUT2D eigenvalue weighted by molar-refractivity contribution is 5.75. The van der Waals surface area contributed by atoms with Gasteiger partial charge in [-0.15, -0.1) is 0 Å². The van der Waals surface area contributed by atoms with E-state index >= 15 is 0 Å². The van der Waals surface area contributed by atoms with Crippen molar-refractivity contribution in [3.8, 4) is 22.9 Å². The Bertz CT molecular complexity index is 1280. The molecule has 0 radical (unpaired) electrons. The Labute approximate surface area is 186 Å². The minimum Gasteiger partial charge on any atom is -0.491 e. The molecule has 4 aromatic rings. The summed E-state index contributed by atoms with van der Waals surface area (Å²) in [4.78, 5) is 10.7. The zero-order chi connectivity index (χ0) is 21.9. The fourth-order valence-electron chi connectivity index (χ4n) is 4.02. The first-order valence-electron chi connectivity index (χ1n) is 10.6. The summed E-state index contributed by atoms with van der Waals surface area (Å²) in [7, 11) is 2.13. The molecule has 1 N–H and O–H groups in total. The minimum atomic E-state index is 0.361. The summed E-state index contributed by atoms with van der Waals surface area (Å²) in [6.45, 7) is 2.77. The number of nitrogens with zero attached hydrogens (tertiary/aromatic N) is 6. The number of likely N-dealkylation sites (tertiary alicyclic amines) is 1. The SMILES string of the molecule is CN1CC[C@@H](COc2cnc(C#N)cc2-c2ccn3nc(Nc4cccnc4)cc3c2)C1. The van der Waals surface area contributed by atoms with Crippen molar-refractivity contribution in [2.75, 3.05) is 32.1 Å². The van der Waals surface area contributed by atoms with Crippen molar-refractivity contribution in [2.45, 2.75) is 6.42 Å². The third-order valence-electron chi connectivity index (χ3n) is 5.65. The molecule has 5 heterocycles. The highest BCUT2D eigenvalue weighted by Gasteiger charge is 2.21. The molecular formula is C24H23N7O. The molecule has 1 fully saturated rings. The van der Waals surface area contributed by atoms with Gasteiger partial charge in [0.05, 0.1) is 30.2 Å². The van der Waals surface area contributed by atoms with Crippen molar-refractivity contribution >= 4 is 17.0 Å². The maximum Gasteiger partial charge on any atom is 0.153 e. The number of nitrogens with one attached hydrogen (secondary N) is 1. The van der Waals surface area contributed by atoms with E-state index in [1.807, 2.05) is 41.0 Å². The predicted octanol–water partition coefficient (Wildman–Crippen LogP) is 3.74. The average molecular weight is 425 g/mol. The number of rotatable bonds is 6. The summed E-state index contributed by atoms with van der Waals surface area (Å²) < 4.78 is 7.99. The number of nitriles is 1. The predicted molar refractivity (Wildman–Crippen MR) is 122 cm³/mol. The van der Waals surface area contributed by atoms with E-state index in [0.717, 1.165) is 47.7 Å². The van der Waals surface area contributed by atoms with Gasteiger partial charge in [-0.1, -0.05) is 0 Å². The van der Waals surface area contributed by atoms with Crippen LogP contribution in [0.25, 0.3) is 16.6 Å². The van der Waals surface area contributed by atoms with Crippen LogP contribution in [0, 0.1) is 17.2 Å². The number of ether oxygens (including phenoxy) is 1. The van der Waals surface area contributed by atoms with E-state index in [4.69, 9.17) is 4.74 Å². The van der Waals surface area contributed by atoms with Gasteiger partial charge in [0, 0.05) is 36.5 Å². The molecule has 1 saturated heterocycles. The lowest BCUT2D eigenvalue weighted by Gasteiger charge is -2.15. The molecule has 1 aliphatic rings. The van der Waals surface area contributed by atoms with E-state index in [9.17, 15) is 5.26 Å². The molecule has 0 amide bonds. The average Bonchev–Trinajstić information content (AvgIpc) is 3.42. The van der Waals surface area contributed by atoms with Crippen LogP contribution < -0.4 is 10.1 Å². The molecule has 0 aliphatic carbocycles. The molecule has 0 saturated carbocycles. The maximum absolute atomic E-state index is 9.36. The first-order valence-corrected chi connectivity index (χ1v) is 10.6. The van der Waals surface area contributed by atoms with Gasteiger partial charge >= 0.3 is 0 Å². The molecule has 0 bridgehead atoms. The van der Waals surface area contributed by atoms with Crippen LogP contribution in [0.5, 0.6) is 5.75 Å². The van der Waals surface area contributed by atoms with Crippen LogP contribution in [0.2, 0.25) is 0 Å². The van der Waals surface area contributed by atoms with Crippen molar-refractivity contribution < 1.29 is 4.74 Å². The Morgan fingerprint density at radius 3 is 2.97 bits per heavy atom. The van der Waals surface area contributed by atoms with Crippen LogP contribution in [-0.4, -0.2) is 51.2 Å². The van der Waals surface area contributed by atoms with Crippen LogP contribution >= 0.6 is 0 Å². The van der Waals surface area contributed by atoms with E-state index in [1.54, 1.807) is 24.7 Å². The minimum absolute atomic E-state index is 0.361. The van der Waals surface area contributed by atoms with Gasteiger partial charge in [-0.25, -0.2) is 9.50 Å². The lowest BCUT2D eigenvalue weighted by atomic mass is 10.1. The van der Waals surface area contributed by atoms with Gasteiger partial charge in [-0.3, -0.25) is 4.98 Å². The summed E-state index contributed by atoms with van der Waals surface area (Å²) in [6, 6.07) is 13.7. The Morgan fingerprint density at radius 1 is 1.25 bits per heavy atom. The topological polar surface area (TPSA) is 91.4 Å². The lowest BCUT2D eigenvalue weighted by molar-refractivity contribution is 0.249. The fraction of sp³-hybridized carbons (Fsp3) is 0.250. The second kappa shape index (κ2) is 8.65. The number of fused-ring (bicyclic) bond motifs is 1. The Hall–Kier alpha value is -3.96. The summed E-state index contributed by atoms with van der Waals surface area (Å²) >= 11 is 0. The number of aromatic nitrogens is 4. The lowest BCUT2D eigenvalue weighted by Crippen LogP contribution is -2.18. The molecular weight excluding hydrogens is 402 g/mol. The first kappa shape index (κ1) is 20.0. The van der Waals surface area contributed by atoms with Crippen LogP contribution in [-0.2, 0) is 0 Å². The van der Waals surface area contributed by atoms with E-state index in [0.29, 0.717) is 24.0 Å². The summed E-state index contributed by atoms with van der Waals surface area (Å²) in [5.41, 5.74) is 3.96. The first-order chi connectivity index (χ1) is 15.7. The molecule has 8 nitrogen and oxygen atoms in total. The summed E-state index contributed by atoms with van der Waals surface area (Å²) in [6.07, 6.45) is 8.17. The molecule has 0 aromatic carbocycles. The number of anilines is 2.